The summed E-state index contributed by atoms with van der Waals surface area (Å²) >= 11 is 0. The average molecular weight is 256 g/mol. The van der Waals surface area contributed by atoms with Crippen LogP contribution in [0.25, 0.3) is 0 Å². The van der Waals surface area contributed by atoms with Gasteiger partial charge in [0.05, 0.1) is 6.61 Å². The number of rotatable bonds is 8. The van der Waals surface area contributed by atoms with Crippen molar-refractivity contribution in [3.8, 4) is 5.88 Å². The first-order valence-electron chi connectivity index (χ1n) is 6.13. The van der Waals surface area contributed by atoms with Crippen molar-refractivity contribution in [2.45, 2.75) is 32.9 Å². The van der Waals surface area contributed by atoms with Crippen LogP contribution in [-0.4, -0.2) is 31.3 Å². The van der Waals surface area contributed by atoms with E-state index in [-0.39, 0.29) is 11.7 Å². The van der Waals surface area contributed by atoms with Crippen LogP contribution >= 0.6 is 0 Å². The van der Waals surface area contributed by atoms with Crippen LogP contribution in [0.2, 0.25) is 0 Å². The number of hydrogen-bond donors (Lipinski definition) is 1. The lowest BCUT2D eigenvalue weighted by atomic mass is 10.2. The zero-order valence-corrected chi connectivity index (χ0v) is 11.2. The molecule has 1 N–H and O–H groups in total. The van der Waals surface area contributed by atoms with Crippen LogP contribution in [0.15, 0.2) is 12.3 Å². The number of hydrogen-bond acceptors (Lipinski definition) is 4. The molecule has 1 aromatic heterocycles. The summed E-state index contributed by atoms with van der Waals surface area (Å²) in [4.78, 5) is 3.90. The second-order valence-electron chi connectivity index (χ2n) is 4.32. The molecule has 1 rings (SSSR count). The Hall–Kier alpha value is -1.20. The molecule has 0 aliphatic carbocycles. The van der Waals surface area contributed by atoms with Crippen molar-refractivity contribution < 1.29 is 13.9 Å². The number of nitrogens with one attached hydrogen (secondary N) is 1. The Labute approximate surface area is 108 Å². The van der Waals surface area contributed by atoms with Gasteiger partial charge in [0.2, 0.25) is 0 Å². The predicted molar refractivity (Wildman–Crippen MR) is 68.2 cm³/mol. The maximum absolute atomic E-state index is 14.0. The van der Waals surface area contributed by atoms with Crippen molar-refractivity contribution in [1.82, 2.24) is 10.3 Å². The third kappa shape index (κ3) is 4.98. The molecule has 102 valence electrons. The van der Waals surface area contributed by atoms with Gasteiger partial charge in [-0.05, 0) is 6.07 Å². The van der Waals surface area contributed by atoms with E-state index in [9.17, 15) is 4.39 Å². The van der Waals surface area contributed by atoms with E-state index in [1.807, 2.05) is 13.8 Å². The van der Waals surface area contributed by atoms with Gasteiger partial charge in [-0.15, -0.1) is 0 Å². The third-order valence-electron chi connectivity index (χ3n) is 2.37. The van der Waals surface area contributed by atoms with Gasteiger partial charge in [0.1, 0.15) is 0 Å². The first kappa shape index (κ1) is 14.9. The number of nitrogens with zero attached hydrogens (tertiary/aromatic N) is 1. The lowest BCUT2D eigenvalue weighted by Crippen LogP contribution is -2.22. The van der Waals surface area contributed by atoms with Crippen molar-refractivity contribution in [2.75, 3.05) is 20.3 Å². The fourth-order valence-corrected chi connectivity index (χ4v) is 1.39. The highest BCUT2D eigenvalue weighted by Crippen LogP contribution is 2.17. The molecule has 0 fully saturated rings. The van der Waals surface area contributed by atoms with Crippen LogP contribution in [0.3, 0.4) is 0 Å². The monoisotopic (exact) mass is 256 g/mol. The molecule has 0 aliphatic heterocycles. The number of ether oxygens (including phenoxy) is 2. The van der Waals surface area contributed by atoms with Crippen molar-refractivity contribution in [3.63, 3.8) is 0 Å². The maximum atomic E-state index is 14.0. The molecule has 0 atom stereocenters. The van der Waals surface area contributed by atoms with E-state index in [4.69, 9.17) is 9.47 Å². The molecule has 0 amide bonds. The molecule has 1 aromatic rings. The molecule has 4 nitrogen and oxygen atoms in total. The van der Waals surface area contributed by atoms with Gasteiger partial charge in [-0.2, -0.15) is 0 Å². The summed E-state index contributed by atoms with van der Waals surface area (Å²) in [5.74, 6) is -0.322. The van der Waals surface area contributed by atoms with Crippen molar-refractivity contribution >= 4 is 0 Å². The summed E-state index contributed by atoms with van der Waals surface area (Å²) in [6, 6.07) is 1.97. The molecule has 0 aromatic carbocycles. The van der Waals surface area contributed by atoms with Gasteiger partial charge in [0.15, 0.2) is 5.82 Å². The molecule has 18 heavy (non-hydrogen) atoms. The summed E-state index contributed by atoms with van der Waals surface area (Å²) in [5, 5.41) is 3.16. The van der Waals surface area contributed by atoms with Gasteiger partial charge >= 0.3 is 0 Å². The number of pyridine rings is 1. The molecule has 0 saturated heterocycles. The molecule has 0 spiro atoms. The second-order valence-corrected chi connectivity index (χ2v) is 4.32. The van der Waals surface area contributed by atoms with Crippen LogP contribution in [0.4, 0.5) is 4.39 Å². The van der Waals surface area contributed by atoms with Crippen molar-refractivity contribution in [3.05, 3.63) is 23.6 Å². The highest BCUT2D eigenvalue weighted by atomic mass is 19.1. The molecule has 1 heterocycles. The SMILES string of the molecule is COCCCOc1nccc(CNC(C)C)c1F. The van der Waals surface area contributed by atoms with Gasteiger partial charge in [0, 0.05) is 44.5 Å². The maximum Gasteiger partial charge on any atom is 0.250 e. The Morgan fingerprint density at radius 2 is 2.17 bits per heavy atom. The standard InChI is InChI=1S/C13H21FN2O2/c1-10(2)16-9-11-5-6-15-13(12(11)14)18-8-4-7-17-3/h5-6,10,16H,4,7-9H2,1-3H3. The molecule has 5 heteroatoms. The minimum atomic E-state index is -0.386. The summed E-state index contributed by atoms with van der Waals surface area (Å²) < 4.78 is 24.2. The average Bonchev–Trinajstić information content (AvgIpc) is 2.35. The first-order chi connectivity index (χ1) is 8.65. The van der Waals surface area contributed by atoms with E-state index >= 15 is 0 Å². The third-order valence-corrected chi connectivity index (χ3v) is 2.37. The molecule has 0 unspecified atom stereocenters. The van der Waals surface area contributed by atoms with E-state index in [0.717, 1.165) is 0 Å². The smallest absolute Gasteiger partial charge is 0.250 e. The Bertz CT molecular complexity index is 359. The molecule has 0 radical (unpaired) electrons. The largest absolute Gasteiger partial charge is 0.475 e. The quantitative estimate of drug-likeness (QED) is 0.724. The summed E-state index contributed by atoms with van der Waals surface area (Å²) in [6.45, 7) is 5.50. The Kier molecular flexibility index (Phi) is 6.60. The minimum Gasteiger partial charge on any atom is -0.475 e. The van der Waals surface area contributed by atoms with Crippen LogP contribution in [0.5, 0.6) is 5.88 Å². The Morgan fingerprint density at radius 1 is 1.39 bits per heavy atom. The van der Waals surface area contributed by atoms with Gasteiger partial charge in [-0.3, -0.25) is 0 Å². The fraction of sp³-hybridized carbons (Fsp3) is 0.615. The molecular weight excluding hydrogens is 235 g/mol. The summed E-state index contributed by atoms with van der Waals surface area (Å²) in [7, 11) is 1.62. The summed E-state index contributed by atoms with van der Waals surface area (Å²) in [6.07, 6.45) is 2.28. The van der Waals surface area contributed by atoms with Crippen LogP contribution < -0.4 is 10.1 Å². The van der Waals surface area contributed by atoms with Crippen LogP contribution in [0.1, 0.15) is 25.8 Å². The lowest BCUT2D eigenvalue weighted by molar-refractivity contribution is 0.168. The van der Waals surface area contributed by atoms with Gasteiger partial charge in [0.25, 0.3) is 5.88 Å². The second kappa shape index (κ2) is 8.00. The van der Waals surface area contributed by atoms with E-state index < -0.39 is 0 Å². The van der Waals surface area contributed by atoms with Crippen molar-refractivity contribution in [1.29, 1.82) is 0 Å². The predicted octanol–water partition coefficient (Wildman–Crippen LogP) is 2.13. The minimum absolute atomic E-state index is 0.0640. The Balaban J connectivity index is 2.55. The number of halogens is 1. The topological polar surface area (TPSA) is 43.4 Å². The van der Waals surface area contributed by atoms with E-state index in [2.05, 4.69) is 10.3 Å². The van der Waals surface area contributed by atoms with Gasteiger partial charge in [-0.25, -0.2) is 9.37 Å². The van der Waals surface area contributed by atoms with E-state index in [0.29, 0.717) is 37.8 Å². The van der Waals surface area contributed by atoms with Gasteiger partial charge in [-0.1, -0.05) is 13.8 Å². The number of methoxy groups -OCH3 is 1. The zero-order chi connectivity index (χ0) is 13.4. The Morgan fingerprint density at radius 3 is 2.83 bits per heavy atom. The van der Waals surface area contributed by atoms with Crippen LogP contribution in [-0.2, 0) is 11.3 Å². The zero-order valence-electron chi connectivity index (χ0n) is 11.2. The molecule has 0 bridgehead atoms. The lowest BCUT2D eigenvalue weighted by Gasteiger charge is -2.11. The highest BCUT2D eigenvalue weighted by molar-refractivity contribution is 5.23. The number of aromatic nitrogens is 1. The molecule has 0 aliphatic rings. The fourth-order valence-electron chi connectivity index (χ4n) is 1.39. The van der Waals surface area contributed by atoms with E-state index in [1.165, 1.54) is 0 Å². The first-order valence-corrected chi connectivity index (χ1v) is 6.13. The van der Waals surface area contributed by atoms with Crippen LogP contribution in [0, 0.1) is 5.82 Å². The normalized spacial score (nSPS) is 10.9. The van der Waals surface area contributed by atoms with Gasteiger partial charge < -0.3 is 14.8 Å². The molecule has 0 saturated carbocycles. The molecular formula is C13H21FN2O2. The van der Waals surface area contributed by atoms with Crippen molar-refractivity contribution in [2.24, 2.45) is 0 Å². The summed E-state index contributed by atoms with van der Waals surface area (Å²) in [5.41, 5.74) is 0.570. The van der Waals surface area contributed by atoms with E-state index in [1.54, 1.807) is 19.4 Å². The highest BCUT2D eigenvalue weighted by Gasteiger charge is 2.10.